The van der Waals surface area contributed by atoms with E-state index in [4.69, 9.17) is 21.1 Å². The van der Waals surface area contributed by atoms with Crippen LogP contribution in [0.25, 0.3) is 6.08 Å². The van der Waals surface area contributed by atoms with Crippen molar-refractivity contribution in [3.05, 3.63) is 58.3 Å². The highest BCUT2D eigenvalue weighted by molar-refractivity contribution is 6.31. The van der Waals surface area contributed by atoms with Gasteiger partial charge in [0.15, 0.2) is 17.3 Å². The Morgan fingerprint density at radius 1 is 1.27 bits per heavy atom. The third-order valence-electron chi connectivity index (χ3n) is 3.21. The summed E-state index contributed by atoms with van der Waals surface area (Å²) in [6, 6.07) is 9.77. The van der Waals surface area contributed by atoms with Gasteiger partial charge in [-0.1, -0.05) is 17.7 Å². The molecule has 1 N–H and O–H groups in total. The van der Waals surface area contributed by atoms with Gasteiger partial charge >= 0.3 is 0 Å². The number of carbonyl (C=O) groups excluding carboxylic acids is 1. The van der Waals surface area contributed by atoms with E-state index < -0.39 is 0 Å². The number of hydrogen-bond donors (Lipinski definition) is 1. The number of Topliss-reactive ketones (excluding diaryl/α,β-unsaturated/α-hetero) is 1. The van der Waals surface area contributed by atoms with Gasteiger partial charge in [0, 0.05) is 5.02 Å². The van der Waals surface area contributed by atoms with Gasteiger partial charge in [-0.3, -0.25) is 4.79 Å². The average Bonchev–Trinajstić information content (AvgIpc) is 2.79. The van der Waals surface area contributed by atoms with Gasteiger partial charge in [-0.05, 0) is 48.9 Å². The van der Waals surface area contributed by atoms with Crippen LogP contribution in [0.2, 0.25) is 5.02 Å². The molecular formula is C17H13ClO4. The van der Waals surface area contributed by atoms with E-state index in [0.29, 0.717) is 34.3 Å². The minimum atomic E-state index is -0.219. The molecule has 0 aliphatic carbocycles. The molecule has 1 heterocycles. The monoisotopic (exact) mass is 316 g/mol. The average molecular weight is 317 g/mol. The van der Waals surface area contributed by atoms with Gasteiger partial charge < -0.3 is 14.6 Å². The van der Waals surface area contributed by atoms with Crippen LogP contribution in [0.3, 0.4) is 0 Å². The maximum atomic E-state index is 12.3. The molecule has 2 aromatic carbocycles. The van der Waals surface area contributed by atoms with Gasteiger partial charge in [0.2, 0.25) is 5.78 Å². The second kappa shape index (κ2) is 5.73. The molecule has 112 valence electrons. The molecule has 0 fully saturated rings. The highest BCUT2D eigenvalue weighted by Gasteiger charge is 2.27. The van der Waals surface area contributed by atoms with Crippen molar-refractivity contribution in [1.29, 1.82) is 0 Å². The summed E-state index contributed by atoms with van der Waals surface area (Å²) in [5.74, 6) is 0.902. The lowest BCUT2D eigenvalue weighted by atomic mass is 10.1. The van der Waals surface area contributed by atoms with Crippen LogP contribution in [0.5, 0.6) is 17.2 Å². The molecule has 2 aromatic rings. The molecule has 0 aromatic heterocycles. The number of benzene rings is 2. The molecule has 1 aliphatic heterocycles. The van der Waals surface area contributed by atoms with Gasteiger partial charge in [0.1, 0.15) is 5.75 Å². The van der Waals surface area contributed by atoms with Crippen molar-refractivity contribution in [3.8, 4) is 17.2 Å². The van der Waals surface area contributed by atoms with Crippen molar-refractivity contribution in [1.82, 2.24) is 0 Å². The number of halogens is 1. The van der Waals surface area contributed by atoms with Crippen molar-refractivity contribution in [2.24, 2.45) is 0 Å². The molecule has 3 rings (SSSR count). The fourth-order valence-electron chi connectivity index (χ4n) is 2.20. The van der Waals surface area contributed by atoms with Crippen LogP contribution in [0, 0.1) is 0 Å². The van der Waals surface area contributed by atoms with Crippen LogP contribution in [-0.4, -0.2) is 17.5 Å². The number of ether oxygens (including phenoxy) is 2. The zero-order valence-corrected chi connectivity index (χ0v) is 12.6. The van der Waals surface area contributed by atoms with Gasteiger partial charge in [0.05, 0.1) is 12.2 Å². The number of fused-ring (bicyclic) bond motifs is 1. The molecule has 0 saturated heterocycles. The Kier molecular flexibility index (Phi) is 3.77. The number of phenolic OH excluding ortho intramolecular Hbond substituents is 1. The third kappa shape index (κ3) is 2.65. The molecule has 5 heteroatoms. The summed E-state index contributed by atoms with van der Waals surface area (Å²) < 4.78 is 10.9. The first kappa shape index (κ1) is 14.5. The summed E-state index contributed by atoms with van der Waals surface area (Å²) in [5.41, 5.74) is 1.14. The minimum Gasteiger partial charge on any atom is -0.504 e. The third-order valence-corrected chi connectivity index (χ3v) is 3.45. The molecule has 0 unspecified atom stereocenters. The fraction of sp³-hybridized carbons (Fsp3) is 0.118. The summed E-state index contributed by atoms with van der Waals surface area (Å²) in [4.78, 5) is 12.3. The number of phenols is 1. The summed E-state index contributed by atoms with van der Waals surface area (Å²) in [7, 11) is 0. The Bertz CT molecular complexity index is 780. The van der Waals surface area contributed by atoms with Crippen molar-refractivity contribution >= 4 is 23.5 Å². The molecule has 0 amide bonds. The molecule has 4 nitrogen and oxygen atoms in total. The summed E-state index contributed by atoms with van der Waals surface area (Å²) in [6.07, 6.45) is 1.61. The van der Waals surface area contributed by atoms with Crippen LogP contribution in [-0.2, 0) is 0 Å². The van der Waals surface area contributed by atoms with Gasteiger partial charge in [0.25, 0.3) is 0 Å². The van der Waals surface area contributed by atoms with Gasteiger partial charge in [-0.2, -0.15) is 0 Å². The largest absolute Gasteiger partial charge is 0.504 e. The lowest BCUT2D eigenvalue weighted by Gasteiger charge is -2.06. The van der Waals surface area contributed by atoms with Crippen LogP contribution in [0.1, 0.15) is 22.8 Å². The highest BCUT2D eigenvalue weighted by atomic mass is 35.5. The number of rotatable bonds is 3. The predicted octanol–water partition coefficient (Wildman–Crippen LogP) is 4.06. The van der Waals surface area contributed by atoms with E-state index in [9.17, 15) is 9.90 Å². The molecule has 0 atom stereocenters. The standard InChI is InChI=1S/C17H13ClO4/c1-2-21-15-7-10(3-5-13(15)19)8-16-17(20)12-9-11(18)4-6-14(12)22-16/h3-9,19H,2H2,1H3/b16-8-. The SMILES string of the molecule is CCOc1cc(/C=C2\Oc3ccc(Cl)cc3C2=O)ccc1O. The number of carbonyl (C=O) groups is 1. The quantitative estimate of drug-likeness (QED) is 0.868. The maximum absolute atomic E-state index is 12.3. The number of aromatic hydroxyl groups is 1. The van der Waals surface area contributed by atoms with Crippen LogP contribution >= 0.6 is 11.6 Å². The van der Waals surface area contributed by atoms with Crippen molar-refractivity contribution in [2.75, 3.05) is 6.61 Å². The smallest absolute Gasteiger partial charge is 0.232 e. The van der Waals surface area contributed by atoms with Crippen LogP contribution in [0.15, 0.2) is 42.2 Å². The number of ketones is 1. The summed E-state index contributed by atoms with van der Waals surface area (Å²) in [5, 5.41) is 10.2. The minimum absolute atomic E-state index is 0.0535. The molecule has 0 saturated carbocycles. The highest BCUT2D eigenvalue weighted by Crippen LogP contribution is 2.34. The number of hydrogen-bond acceptors (Lipinski definition) is 4. The molecule has 0 bridgehead atoms. The zero-order valence-electron chi connectivity index (χ0n) is 11.8. The van der Waals surface area contributed by atoms with E-state index in [2.05, 4.69) is 0 Å². The second-order valence-electron chi connectivity index (χ2n) is 4.74. The van der Waals surface area contributed by atoms with E-state index in [-0.39, 0.29) is 17.3 Å². The first-order valence-electron chi connectivity index (χ1n) is 6.78. The van der Waals surface area contributed by atoms with Crippen LogP contribution < -0.4 is 9.47 Å². The summed E-state index contributed by atoms with van der Waals surface area (Å²) >= 11 is 5.90. The van der Waals surface area contributed by atoms with Crippen LogP contribution in [0.4, 0.5) is 0 Å². The first-order valence-corrected chi connectivity index (χ1v) is 7.16. The van der Waals surface area contributed by atoms with E-state index >= 15 is 0 Å². The molecule has 22 heavy (non-hydrogen) atoms. The maximum Gasteiger partial charge on any atom is 0.232 e. The Hall–Kier alpha value is -2.46. The van der Waals surface area contributed by atoms with Gasteiger partial charge in [-0.15, -0.1) is 0 Å². The number of allylic oxidation sites excluding steroid dienone is 1. The Balaban J connectivity index is 1.94. The van der Waals surface area contributed by atoms with E-state index in [1.54, 1.807) is 36.4 Å². The topological polar surface area (TPSA) is 55.8 Å². The lowest BCUT2D eigenvalue weighted by Crippen LogP contribution is -1.98. The zero-order chi connectivity index (χ0) is 15.7. The Morgan fingerprint density at radius 2 is 2.09 bits per heavy atom. The molecule has 1 aliphatic rings. The Morgan fingerprint density at radius 3 is 2.86 bits per heavy atom. The predicted molar refractivity (Wildman–Crippen MR) is 83.7 cm³/mol. The molecular weight excluding hydrogens is 304 g/mol. The summed E-state index contributed by atoms with van der Waals surface area (Å²) in [6.45, 7) is 2.27. The normalized spacial score (nSPS) is 14.8. The second-order valence-corrected chi connectivity index (χ2v) is 5.18. The van der Waals surface area contributed by atoms with Crippen molar-refractivity contribution in [3.63, 3.8) is 0 Å². The van der Waals surface area contributed by atoms with E-state index in [1.165, 1.54) is 6.07 Å². The molecule has 0 spiro atoms. The molecule has 0 radical (unpaired) electrons. The lowest BCUT2D eigenvalue weighted by molar-refractivity contribution is 0.101. The first-order chi connectivity index (χ1) is 10.6. The van der Waals surface area contributed by atoms with Gasteiger partial charge in [-0.25, -0.2) is 0 Å². The Labute approximate surface area is 132 Å². The van der Waals surface area contributed by atoms with Crippen molar-refractivity contribution in [2.45, 2.75) is 6.92 Å². The van der Waals surface area contributed by atoms with E-state index in [0.717, 1.165) is 0 Å². The fourth-order valence-corrected chi connectivity index (χ4v) is 2.38. The van der Waals surface area contributed by atoms with E-state index in [1.807, 2.05) is 6.92 Å². The van der Waals surface area contributed by atoms with Crippen molar-refractivity contribution < 1.29 is 19.4 Å².